The molecule has 16 nitrogen and oxygen atoms in total. The normalized spacial score (nSPS) is 28.0. The third kappa shape index (κ3) is 9.98. The van der Waals surface area contributed by atoms with Crippen LogP contribution < -0.4 is 25.4 Å². The van der Waals surface area contributed by atoms with E-state index < -0.39 is 53.0 Å². The third-order valence-electron chi connectivity index (χ3n) is 14.2. The van der Waals surface area contributed by atoms with Crippen LogP contribution in [0.2, 0.25) is 5.02 Å². The highest BCUT2D eigenvalue weighted by atomic mass is 35.5. The lowest BCUT2D eigenvalue weighted by Crippen LogP contribution is -2.67. The zero-order chi connectivity index (χ0) is 46.4. The molecular weight excluding hydrogens is 874 g/mol. The molecule has 2 aliphatic heterocycles. The number of hydrogen-bond acceptors (Lipinski definition) is 13. The molecule has 0 bridgehead atoms. The lowest BCUT2D eigenvalue weighted by molar-refractivity contribution is -0.158. The van der Waals surface area contributed by atoms with Gasteiger partial charge in [-0.1, -0.05) is 52.6 Å². The fourth-order valence-corrected chi connectivity index (χ4v) is 11.4. The summed E-state index contributed by atoms with van der Waals surface area (Å²) in [5, 5.41) is 23.0. The largest absolute Gasteiger partial charge is 0.491 e. The van der Waals surface area contributed by atoms with Crippen LogP contribution >= 0.6 is 22.9 Å². The molecule has 1 aromatic carbocycles. The van der Waals surface area contributed by atoms with Gasteiger partial charge in [-0.2, -0.15) is 0 Å². The first kappa shape index (κ1) is 47.1. The number of morpholine rings is 1. The average molecular weight is 939 g/mol. The second kappa shape index (κ2) is 19.0. The Bertz CT molecular complexity index is 2250. The van der Waals surface area contributed by atoms with E-state index >= 15 is 0 Å². The van der Waals surface area contributed by atoms with Crippen LogP contribution in [0.4, 0.5) is 9.93 Å². The lowest BCUT2D eigenvalue weighted by Gasteiger charge is -2.47. The summed E-state index contributed by atoms with van der Waals surface area (Å²) in [6, 6.07) is 3.38. The molecule has 3 unspecified atom stereocenters. The number of rotatable bonds is 16. The number of aromatic nitrogens is 2. The molecule has 9 atom stereocenters. The van der Waals surface area contributed by atoms with Gasteiger partial charge < -0.3 is 44.9 Å². The van der Waals surface area contributed by atoms with E-state index in [1.807, 2.05) is 53.0 Å². The number of nitrogens with zero attached hydrogens (tertiary/aromatic N) is 4. The van der Waals surface area contributed by atoms with Gasteiger partial charge in [0.2, 0.25) is 11.8 Å². The molecule has 65 heavy (non-hydrogen) atoms. The molecule has 3 aliphatic carbocycles. The van der Waals surface area contributed by atoms with Crippen molar-refractivity contribution in [3.8, 4) is 22.9 Å². The highest BCUT2D eigenvalue weighted by Crippen LogP contribution is 2.57. The molecule has 354 valence electrons. The van der Waals surface area contributed by atoms with Crippen molar-refractivity contribution in [1.82, 2.24) is 30.4 Å². The van der Waals surface area contributed by atoms with Crippen molar-refractivity contribution in [2.45, 2.75) is 123 Å². The highest BCUT2D eigenvalue weighted by Gasteiger charge is 2.56. The summed E-state index contributed by atoms with van der Waals surface area (Å²) in [5.74, 6) is 0.200. The van der Waals surface area contributed by atoms with E-state index in [4.69, 9.17) is 40.5 Å². The maximum Gasteiger partial charge on any atom is 0.408 e. The first-order chi connectivity index (χ1) is 30.9. The summed E-state index contributed by atoms with van der Waals surface area (Å²) >= 11 is 8.57. The molecule has 0 radical (unpaired) electrons. The number of carboxylic acid groups (broad SMARTS) is 1. The molecule has 3 aromatic rings. The number of likely N-dealkylation sites (tertiary alicyclic amines) is 1. The van der Waals surface area contributed by atoms with E-state index in [0.29, 0.717) is 95.8 Å². The molecule has 2 saturated heterocycles. The number of carboxylic acids is 1. The Kier molecular flexibility index (Phi) is 13.8. The van der Waals surface area contributed by atoms with Crippen molar-refractivity contribution in [2.24, 2.45) is 29.1 Å². The molecule has 2 aromatic heterocycles. The number of halogens is 1. The predicted octanol–water partition coefficient (Wildman–Crippen LogP) is 6.84. The second-order valence-electron chi connectivity index (χ2n) is 19.9. The molecule has 5 fully saturated rings. The van der Waals surface area contributed by atoms with Crippen molar-refractivity contribution in [3.05, 3.63) is 28.6 Å². The number of carbonyl (C=O) groups excluding carboxylic acids is 3. The van der Waals surface area contributed by atoms with Gasteiger partial charge in [0.15, 0.2) is 5.13 Å². The number of thiazole rings is 1. The first-order valence-corrected chi connectivity index (χ1v) is 24.5. The van der Waals surface area contributed by atoms with E-state index in [0.717, 1.165) is 31.1 Å². The molecule has 0 spiro atoms. The van der Waals surface area contributed by atoms with Gasteiger partial charge in [-0.05, 0) is 80.8 Å². The number of anilines is 1. The van der Waals surface area contributed by atoms with Gasteiger partial charge in [0.05, 0.1) is 31.0 Å². The van der Waals surface area contributed by atoms with Gasteiger partial charge in [0.25, 0.3) is 0 Å². The van der Waals surface area contributed by atoms with E-state index in [9.17, 15) is 24.3 Å². The first-order valence-electron chi connectivity index (χ1n) is 23.2. The number of hydrogen-bond donors (Lipinski definition) is 4. The molecule has 5 aliphatic rings. The van der Waals surface area contributed by atoms with E-state index in [1.54, 1.807) is 12.1 Å². The topological polar surface area (TPSA) is 194 Å². The minimum atomic E-state index is -1.45. The van der Waals surface area contributed by atoms with Crippen LogP contribution in [0.3, 0.4) is 0 Å². The van der Waals surface area contributed by atoms with Gasteiger partial charge in [-0.15, -0.1) is 11.3 Å². The van der Waals surface area contributed by atoms with Crippen LogP contribution in [-0.2, 0) is 23.9 Å². The van der Waals surface area contributed by atoms with Crippen molar-refractivity contribution >= 4 is 62.8 Å². The van der Waals surface area contributed by atoms with Crippen LogP contribution in [0.1, 0.15) is 87.0 Å². The quantitative estimate of drug-likeness (QED) is 0.117. The van der Waals surface area contributed by atoms with Crippen LogP contribution in [0.5, 0.6) is 11.5 Å². The van der Waals surface area contributed by atoms with Crippen LogP contribution in [-0.4, -0.2) is 131 Å². The molecule has 3 amide bonds. The number of carbonyl (C=O) groups is 4. The lowest BCUT2D eigenvalue weighted by atomic mass is 9.65. The monoisotopic (exact) mass is 937 g/mol. The van der Waals surface area contributed by atoms with Crippen LogP contribution in [0.25, 0.3) is 22.3 Å². The number of benzene rings is 1. The Labute approximate surface area is 389 Å². The smallest absolute Gasteiger partial charge is 0.408 e. The molecule has 4 heterocycles. The number of alkyl carbamates (subject to hydrolysis) is 1. The number of aliphatic carboxylic acids is 1. The summed E-state index contributed by atoms with van der Waals surface area (Å²) in [6.07, 6.45) is 1.54. The van der Waals surface area contributed by atoms with E-state index in [2.05, 4.69) is 27.8 Å². The molecular formula is C47H64ClN7O9S. The fraction of sp³-hybridized carbons (Fsp3) is 0.660. The number of nitrogens with one attached hydrogen (secondary N) is 3. The van der Waals surface area contributed by atoms with Gasteiger partial charge in [0, 0.05) is 48.9 Å². The van der Waals surface area contributed by atoms with Crippen molar-refractivity contribution in [2.75, 3.05) is 51.3 Å². The Morgan fingerprint density at radius 2 is 1.78 bits per heavy atom. The van der Waals surface area contributed by atoms with Crippen molar-refractivity contribution in [3.63, 3.8) is 0 Å². The van der Waals surface area contributed by atoms with E-state index in [-0.39, 0.29) is 37.5 Å². The van der Waals surface area contributed by atoms with Gasteiger partial charge in [-0.3, -0.25) is 14.5 Å². The van der Waals surface area contributed by atoms with Crippen LogP contribution in [0, 0.1) is 29.1 Å². The van der Waals surface area contributed by atoms with Crippen molar-refractivity contribution < 1.29 is 43.2 Å². The summed E-state index contributed by atoms with van der Waals surface area (Å²) in [4.78, 5) is 69.2. The second-order valence-corrected chi connectivity index (χ2v) is 21.2. The molecule has 18 heteroatoms. The number of pyridine rings is 1. The summed E-state index contributed by atoms with van der Waals surface area (Å²) in [7, 11) is 0. The summed E-state index contributed by atoms with van der Waals surface area (Å²) in [5.41, 5.74) is -0.719. The fourth-order valence-electron chi connectivity index (χ4n) is 10.2. The Hall–Kier alpha value is -4.45. The predicted molar refractivity (Wildman–Crippen MR) is 247 cm³/mol. The third-order valence-corrected chi connectivity index (χ3v) is 15.4. The SMILES string of the molecule is CCC1CC[C@]1(NC(=O)[C@@H]1C[C@@H](Oc2cc(-c3csc(NC(C)C)n3)nc3c(Cl)c(OCCN4CCOCC4)ccc23)CN1C(=O)[C@@H](NC(=O)OC1C[C@@H]2C(C)[C@@H]2C1)C(C)(C)C)C(=O)O. The Morgan fingerprint density at radius 1 is 1.05 bits per heavy atom. The van der Waals surface area contributed by atoms with Gasteiger partial charge in [-0.25, -0.2) is 19.6 Å². The maximum atomic E-state index is 14.9. The zero-order valence-corrected chi connectivity index (χ0v) is 40.1. The van der Waals surface area contributed by atoms with Gasteiger partial charge >= 0.3 is 12.1 Å². The standard InChI is InChI=1S/C47H64ClN7O9S/c1-8-27-11-12-47(27,43(58)59)53-41(56)35-21-29(23-55(35)42(57)40(46(5,6)7)52-45(60)64-28-19-31-26(4)32(31)20-28)63-37-22-33(34-24-65-44(51-34)49-25(2)3)50-39-30(37)9-10-36(38(39)48)62-18-15-54-13-16-61-17-14-54/h9-10,22,24-29,31-32,35,40H,8,11-21,23H2,1-7H3,(H,49,51)(H,52,60)(H,53,56)(H,58,59)/t26?,27?,28?,29-,31-,32+,35+,40-,47-/m1/s1. The molecule has 8 rings (SSSR count). The van der Waals surface area contributed by atoms with Crippen LogP contribution in [0.15, 0.2) is 23.6 Å². The number of fused-ring (bicyclic) bond motifs is 2. The highest BCUT2D eigenvalue weighted by molar-refractivity contribution is 7.14. The molecule has 3 saturated carbocycles. The number of amides is 3. The van der Waals surface area contributed by atoms with E-state index in [1.165, 1.54) is 16.2 Å². The zero-order valence-electron chi connectivity index (χ0n) is 38.5. The minimum Gasteiger partial charge on any atom is -0.491 e. The Balaban J connectivity index is 1.09. The maximum absolute atomic E-state index is 14.9. The summed E-state index contributed by atoms with van der Waals surface area (Å²) in [6.45, 7) is 17.8. The average Bonchev–Trinajstić information content (AvgIpc) is 3.74. The van der Waals surface area contributed by atoms with Gasteiger partial charge in [0.1, 0.15) is 58.7 Å². The minimum absolute atomic E-state index is 0.0316. The van der Waals surface area contributed by atoms with Crippen molar-refractivity contribution in [1.29, 1.82) is 0 Å². The Morgan fingerprint density at radius 3 is 2.43 bits per heavy atom. The number of ether oxygens (including phenoxy) is 4. The molecule has 4 N–H and O–H groups in total. The summed E-state index contributed by atoms with van der Waals surface area (Å²) < 4.78 is 24.4.